The Morgan fingerprint density at radius 1 is 0.909 bits per heavy atom. The van der Waals surface area contributed by atoms with Crippen LogP contribution in [0, 0.1) is 18.8 Å². The van der Waals surface area contributed by atoms with Crippen LogP contribution in [0.5, 0.6) is 0 Å². The largest absolute Gasteiger partial charge is 0.300 e. The van der Waals surface area contributed by atoms with Gasteiger partial charge in [0.15, 0.2) is 0 Å². The maximum absolute atomic E-state index is 12.0. The number of aryl methyl sites for hydroxylation is 1. The number of benzene rings is 1. The molecule has 1 nitrogen and oxygen atoms in total. The second kappa shape index (κ2) is 9.61. The number of hydrogen-bond donors (Lipinski definition) is 0. The number of rotatable bonds is 2. The molecule has 0 fully saturated rings. The average Bonchev–Trinajstić information content (AvgIpc) is 2.76. The molecule has 1 heteroatoms. The van der Waals surface area contributed by atoms with Gasteiger partial charge in [0.25, 0.3) is 0 Å². The van der Waals surface area contributed by atoms with Crippen molar-refractivity contribution in [3.05, 3.63) is 46.5 Å². The van der Waals surface area contributed by atoms with E-state index in [4.69, 9.17) is 0 Å². The van der Waals surface area contributed by atoms with Gasteiger partial charge in [0.2, 0.25) is 0 Å². The summed E-state index contributed by atoms with van der Waals surface area (Å²) in [6, 6.07) is 8.44. The number of carbonyl (C=O) groups excluding carboxylic acids is 1. The van der Waals surface area contributed by atoms with Gasteiger partial charge in [-0.05, 0) is 44.7 Å². The summed E-state index contributed by atoms with van der Waals surface area (Å²) >= 11 is 0. The number of carbonyl (C=O) groups is 1. The normalized spacial score (nSPS) is 23.2. The standard InChI is InChI=1S/C17H22O.2C2H6/c1-10-8-6-7-9-15(10)17-13(4)11(2)12(3)16(17)14(5)18;2*1-2/h6-9,12,16-17H,1-5H3;2*1-2H3/t12-,16-,17-;;/m0../s1. The lowest BCUT2D eigenvalue weighted by Gasteiger charge is -2.24. The van der Waals surface area contributed by atoms with E-state index in [1.165, 1.54) is 22.3 Å². The lowest BCUT2D eigenvalue weighted by Crippen LogP contribution is -2.22. The maximum Gasteiger partial charge on any atom is 0.134 e. The lowest BCUT2D eigenvalue weighted by molar-refractivity contribution is -0.121. The second-order valence-corrected chi connectivity index (χ2v) is 5.63. The van der Waals surface area contributed by atoms with Crippen molar-refractivity contribution in [2.45, 2.75) is 68.2 Å². The van der Waals surface area contributed by atoms with Crippen LogP contribution in [0.3, 0.4) is 0 Å². The van der Waals surface area contributed by atoms with Crippen molar-refractivity contribution in [2.75, 3.05) is 0 Å². The van der Waals surface area contributed by atoms with Crippen molar-refractivity contribution in [3.63, 3.8) is 0 Å². The molecular weight excluding hydrogens is 268 g/mol. The van der Waals surface area contributed by atoms with Gasteiger partial charge < -0.3 is 0 Å². The highest BCUT2D eigenvalue weighted by Crippen LogP contribution is 2.48. The minimum atomic E-state index is 0.117. The minimum absolute atomic E-state index is 0.117. The van der Waals surface area contributed by atoms with Gasteiger partial charge in [-0.1, -0.05) is 70.0 Å². The molecule has 0 saturated carbocycles. The molecule has 0 radical (unpaired) electrons. The molecule has 1 aliphatic carbocycles. The summed E-state index contributed by atoms with van der Waals surface area (Å²) < 4.78 is 0. The third kappa shape index (κ3) is 4.09. The monoisotopic (exact) mass is 302 g/mol. The minimum Gasteiger partial charge on any atom is -0.300 e. The quantitative estimate of drug-likeness (QED) is 0.584. The molecule has 1 aliphatic rings. The maximum atomic E-state index is 12.0. The van der Waals surface area contributed by atoms with Gasteiger partial charge in [-0.25, -0.2) is 0 Å². The molecular formula is C21H34O. The summed E-state index contributed by atoms with van der Waals surface area (Å²) in [5.74, 6) is 1.07. The molecule has 0 unspecified atom stereocenters. The SMILES string of the molecule is CC.CC.CC(=O)[C@@H]1[C@@H](C)C(C)=C(C)[C@H]1c1ccccc1C. The number of ketones is 1. The van der Waals surface area contributed by atoms with E-state index in [0.717, 1.165) is 0 Å². The molecule has 1 aromatic carbocycles. The third-order valence-corrected chi connectivity index (χ3v) is 4.66. The van der Waals surface area contributed by atoms with Gasteiger partial charge >= 0.3 is 0 Å². The van der Waals surface area contributed by atoms with Gasteiger partial charge in [-0.3, -0.25) is 4.79 Å². The zero-order valence-electron chi connectivity index (χ0n) is 15.9. The Morgan fingerprint density at radius 3 is 1.86 bits per heavy atom. The molecule has 2 rings (SSSR count). The van der Waals surface area contributed by atoms with Crippen LogP contribution < -0.4 is 0 Å². The number of allylic oxidation sites excluding steroid dienone is 2. The van der Waals surface area contributed by atoms with E-state index in [1.807, 2.05) is 27.7 Å². The Morgan fingerprint density at radius 2 is 1.41 bits per heavy atom. The fourth-order valence-corrected chi connectivity index (χ4v) is 3.38. The van der Waals surface area contributed by atoms with Crippen molar-refractivity contribution < 1.29 is 4.79 Å². The summed E-state index contributed by atoms with van der Waals surface area (Å²) in [5, 5.41) is 0. The molecule has 3 atom stereocenters. The van der Waals surface area contributed by atoms with E-state index in [-0.39, 0.29) is 11.8 Å². The molecule has 0 N–H and O–H groups in total. The molecule has 22 heavy (non-hydrogen) atoms. The Balaban J connectivity index is 0.00000102. The van der Waals surface area contributed by atoms with Crippen LogP contribution in [-0.4, -0.2) is 5.78 Å². The molecule has 0 amide bonds. The fraction of sp³-hybridized carbons (Fsp3) is 0.571. The van der Waals surface area contributed by atoms with E-state index >= 15 is 0 Å². The predicted octanol–water partition coefficient (Wildman–Crippen LogP) is 6.32. The summed E-state index contributed by atoms with van der Waals surface area (Å²) in [5.41, 5.74) is 5.38. The molecule has 0 heterocycles. The predicted molar refractivity (Wildman–Crippen MR) is 98.3 cm³/mol. The Bertz CT molecular complexity index is 510. The molecule has 0 bridgehead atoms. The summed E-state index contributed by atoms with van der Waals surface area (Å²) in [7, 11) is 0. The zero-order valence-corrected chi connectivity index (χ0v) is 15.9. The van der Waals surface area contributed by atoms with Crippen molar-refractivity contribution in [3.8, 4) is 0 Å². The summed E-state index contributed by atoms with van der Waals surface area (Å²) in [6.07, 6.45) is 0. The fourth-order valence-electron chi connectivity index (χ4n) is 3.38. The topological polar surface area (TPSA) is 17.1 Å². The molecule has 124 valence electrons. The molecule has 1 aromatic rings. The van der Waals surface area contributed by atoms with Crippen molar-refractivity contribution in [1.82, 2.24) is 0 Å². The van der Waals surface area contributed by atoms with Gasteiger partial charge in [0.05, 0.1) is 0 Å². The number of hydrogen-bond acceptors (Lipinski definition) is 1. The highest BCUT2D eigenvalue weighted by atomic mass is 16.1. The van der Waals surface area contributed by atoms with Crippen LogP contribution in [-0.2, 0) is 4.79 Å². The van der Waals surface area contributed by atoms with E-state index in [1.54, 1.807) is 6.92 Å². The molecule has 0 saturated heterocycles. The van der Waals surface area contributed by atoms with Crippen molar-refractivity contribution in [1.29, 1.82) is 0 Å². The van der Waals surface area contributed by atoms with Gasteiger partial charge in [-0.2, -0.15) is 0 Å². The van der Waals surface area contributed by atoms with Crippen LogP contribution in [0.2, 0.25) is 0 Å². The Hall–Kier alpha value is -1.37. The molecule has 0 aromatic heterocycles. The lowest BCUT2D eigenvalue weighted by atomic mass is 9.78. The summed E-state index contributed by atoms with van der Waals surface area (Å²) in [6.45, 7) is 18.4. The zero-order chi connectivity index (χ0) is 17.4. The molecule has 0 spiro atoms. The number of Topliss-reactive ketones (excluding diaryl/α,β-unsaturated/α-hetero) is 1. The van der Waals surface area contributed by atoms with Crippen LogP contribution >= 0.6 is 0 Å². The van der Waals surface area contributed by atoms with Crippen LogP contribution in [0.1, 0.15) is 72.4 Å². The first-order chi connectivity index (χ1) is 10.4. The third-order valence-electron chi connectivity index (χ3n) is 4.66. The highest BCUT2D eigenvalue weighted by Gasteiger charge is 2.40. The van der Waals surface area contributed by atoms with Crippen molar-refractivity contribution in [2.24, 2.45) is 11.8 Å². The smallest absolute Gasteiger partial charge is 0.134 e. The first kappa shape index (κ1) is 20.6. The average molecular weight is 303 g/mol. The Kier molecular flexibility index (Phi) is 9.01. The van der Waals surface area contributed by atoms with Crippen LogP contribution in [0.4, 0.5) is 0 Å². The Labute approximate surface area is 137 Å². The van der Waals surface area contributed by atoms with Gasteiger partial charge in [0.1, 0.15) is 5.78 Å². The van der Waals surface area contributed by atoms with E-state index in [0.29, 0.717) is 11.7 Å². The molecule has 0 aliphatic heterocycles. The van der Waals surface area contributed by atoms with Crippen LogP contribution in [0.15, 0.2) is 35.4 Å². The first-order valence-electron chi connectivity index (χ1n) is 8.68. The van der Waals surface area contributed by atoms with Gasteiger partial charge in [0, 0.05) is 11.8 Å². The van der Waals surface area contributed by atoms with Gasteiger partial charge in [-0.15, -0.1) is 0 Å². The first-order valence-corrected chi connectivity index (χ1v) is 8.68. The van der Waals surface area contributed by atoms with Crippen molar-refractivity contribution >= 4 is 5.78 Å². The van der Waals surface area contributed by atoms with Crippen LogP contribution in [0.25, 0.3) is 0 Å². The van der Waals surface area contributed by atoms with E-state index in [9.17, 15) is 4.79 Å². The highest BCUT2D eigenvalue weighted by molar-refractivity contribution is 5.82. The second-order valence-electron chi connectivity index (χ2n) is 5.63. The summed E-state index contributed by atoms with van der Waals surface area (Å²) in [4.78, 5) is 12.0. The van der Waals surface area contributed by atoms with E-state index in [2.05, 4.69) is 52.0 Å². The van der Waals surface area contributed by atoms with E-state index < -0.39 is 0 Å².